The van der Waals surface area contributed by atoms with Crippen molar-refractivity contribution in [3.8, 4) is 5.75 Å². The van der Waals surface area contributed by atoms with Crippen LogP contribution < -0.4 is 10.1 Å². The first kappa shape index (κ1) is 26.2. The van der Waals surface area contributed by atoms with Crippen LogP contribution in [0.5, 0.6) is 5.75 Å². The van der Waals surface area contributed by atoms with Crippen molar-refractivity contribution in [1.29, 1.82) is 0 Å². The Morgan fingerprint density at radius 3 is 2.40 bits per heavy atom. The minimum atomic E-state index is -4.43. The minimum Gasteiger partial charge on any atom is -0.497 e. The molecule has 7 nitrogen and oxygen atoms in total. The summed E-state index contributed by atoms with van der Waals surface area (Å²) in [7, 11) is 5.38. The standard InChI is InChI=1S/C25H29F3N4O3/c1-31(2)11-10-29-24(33)22-17-35-23(30-22)16-32(15-19-7-5-9-21(13-19)34-3)14-18-6-4-8-20(12-18)25(26,27)28/h4-9,12-13,17H,10-11,14-16H2,1-3H3,(H,29,33). The van der Waals surface area contributed by atoms with E-state index in [1.807, 2.05) is 48.2 Å². The Morgan fingerprint density at radius 1 is 1.06 bits per heavy atom. The van der Waals surface area contributed by atoms with Crippen molar-refractivity contribution in [3.05, 3.63) is 83.1 Å². The number of oxazole rings is 1. The SMILES string of the molecule is COc1cccc(CN(Cc2cccc(C(F)(F)F)c2)Cc2nc(C(=O)NCCN(C)C)co2)c1. The van der Waals surface area contributed by atoms with Gasteiger partial charge in [0.25, 0.3) is 5.91 Å². The van der Waals surface area contributed by atoms with E-state index in [1.54, 1.807) is 13.2 Å². The number of ether oxygens (including phenoxy) is 1. The van der Waals surface area contributed by atoms with Crippen molar-refractivity contribution < 1.29 is 27.1 Å². The van der Waals surface area contributed by atoms with Gasteiger partial charge in [-0.15, -0.1) is 0 Å². The van der Waals surface area contributed by atoms with Gasteiger partial charge in [-0.25, -0.2) is 4.98 Å². The van der Waals surface area contributed by atoms with Crippen LogP contribution in [0.15, 0.2) is 59.2 Å². The molecular formula is C25H29F3N4O3. The normalized spacial score (nSPS) is 11.8. The predicted octanol–water partition coefficient (Wildman–Crippen LogP) is 4.20. The van der Waals surface area contributed by atoms with Crippen molar-refractivity contribution in [2.75, 3.05) is 34.3 Å². The molecule has 188 valence electrons. The summed E-state index contributed by atoms with van der Waals surface area (Å²) in [6.45, 7) is 1.96. The van der Waals surface area contributed by atoms with E-state index in [-0.39, 0.29) is 30.6 Å². The Balaban J connectivity index is 1.77. The van der Waals surface area contributed by atoms with Crippen molar-refractivity contribution in [3.63, 3.8) is 0 Å². The lowest BCUT2D eigenvalue weighted by molar-refractivity contribution is -0.137. The predicted molar refractivity (Wildman–Crippen MR) is 125 cm³/mol. The van der Waals surface area contributed by atoms with Crippen LogP contribution in [0.4, 0.5) is 13.2 Å². The minimum absolute atomic E-state index is 0.152. The molecule has 0 bridgehead atoms. The molecule has 0 saturated heterocycles. The van der Waals surface area contributed by atoms with Crippen molar-refractivity contribution in [2.24, 2.45) is 0 Å². The number of hydrogen-bond acceptors (Lipinski definition) is 6. The first-order valence-electron chi connectivity index (χ1n) is 11.0. The van der Waals surface area contributed by atoms with E-state index in [1.165, 1.54) is 12.3 Å². The van der Waals surface area contributed by atoms with Crippen LogP contribution >= 0.6 is 0 Å². The zero-order chi connectivity index (χ0) is 25.4. The molecule has 1 aromatic heterocycles. The maximum atomic E-state index is 13.2. The van der Waals surface area contributed by atoms with E-state index in [4.69, 9.17) is 9.15 Å². The molecule has 0 aliphatic heterocycles. The first-order valence-corrected chi connectivity index (χ1v) is 11.0. The van der Waals surface area contributed by atoms with Crippen LogP contribution in [0.1, 0.15) is 33.1 Å². The zero-order valence-electron chi connectivity index (χ0n) is 19.9. The van der Waals surface area contributed by atoms with Gasteiger partial charge in [0, 0.05) is 26.2 Å². The monoisotopic (exact) mass is 490 g/mol. The number of rotatable bonds is 11. The zero-order valence-corrected chi connectivity index (χ0v) is 19.9. The van der Waals surface area contributed by atoms with Crippen molar-refractivity contribution >= 4 is 5.91 Å². The fraction of sp³-hybridized carbons (Fsp3) is 0.360. The smallest absolute Gasteiger partial charge is 0.416 e. The lowest BCUT2D eigenvalue weighted by atomic mass is 10.1. The van der Waals surface area contributed by atoms with Crippen LogP contribution in [0.25, 0.3) is 0 Å². The molecule has 10 heteroatoms. The first-order chi connectivity index (χ1) is 16.6. The summed E-state index contributed by atoms with van der Waals surface area (Å²) < 4.78 is 50.4. The van der Waals surface area contributed by atoms with Gasteiger partial charge in [0.05, 0.1) is 19.2 Å². The molecule has 35 heavy (non-hydrogen) atoms. The van der Waals surface area contributed by atoms with Gasteiger partial charge in [-0.1, -0.05) is 30.3 Å². The highest BCUT2D eigenvalue weighted by Crippen LogP contribution is 2.30. The third kappa shape index (κ3) is 8.11. The van der Waals surface area contributed by atoms with E-state index in [0.29, 0.717) is 30.9 Å². The number of nitrogens with one attached hydrogen (secondary N) is 1. The van der Waals surface area contributed by atoms with Gasteiger partial charge in [0.1, 0.15) is 12.0 Å². The summed E-state index contributed by atoms with van der Waals surface area (Å²) in [6.07, 6.45) is -3.14. The molecule has 3 aromatic rings. The van der Waals surface area contributed by atoms with E-state index in [2.05, 4.69) is 10.3 Å². The average Bonchev–Trinajstić information content (AvgIpc) is 3.27. The number of alkyl halides is 3. The fourth-order valence-electron chi connectivity index (χ4n) is 3.46. The molecule has 0 aliphatic carbocycles. The molecule has 0 saturated carbocycles. The van der Waals surface area contributed by atoms with E-state index >= 15 is 0 Å². The van der Waals surface area contributed by atoms with E-state index < -0.39 is 11.7 Å². The number of nitrogens with zero attached hydrogens (tertiary/aromatic N) is 3. The third-order valence-corrected chi connectivity index (χ3v) is 5.19. The summed E-state index contributed by atoms with van der Waals surface area (Å²) in [5, 5.41) is 2.77. The lowest BCUT2D eigenvalue weighted by Gasteiger charge is -2.22. The second kappa shape index (κ2) is 11.9. The summed E-state index contributed by atoms with van der Waals surface area (Å²) in [4.78, 5) is 20.4. The molecule has 1 heterocycles. The number of hydrogen-bond donors (Lipinski definition) is 1. The Morgan fingerprint density at radius 2 is 1.74 bits per heavy atom. The molecular weight excluding hydrogens is 461 g/mol. The number of halogens is 3. The van der Waals surface area contributed by atoms with E-state index in [0.717, 1.165) is 17.7 Å². The van der Waals surface area contributed by atoms with Crippen LogP contribution in [0.2, 0.25) is 0 Å². The Hall–Kier alpha value is -3.37. The van der Waals surface area contributed by atoms with Gasteiger partial charge in [0.2, 0.25) is 5.89 Å². The van der Waals surface area contributed by atoms with Crippen LogP contribution in [-0.2, 0) is 25.8 Å². The van der Waals surface area contributed by atoms with E-state index in [9.17, 15) is 18.0 Å². The molecule has 2 aromatic carbocycles. The van der Waals surface area contributed by atoms with Gasteiger partial charge in [0.15, 0.2) is 5.69 Å². The maximum absolute atomic E-state index is 13.2. The average molecular weight is 491 g/mol. The molecule has 0 spiro atoms. The van der Waals surface area contributed by atoms with Crippen LogP contribution in [-0.4, -0.2) is 55.0 Å². The third-order valence-electron chi connectivity index (χ3n) is 5.19. The second-order valence-electron chi connectivity index (χ2n) is 8.38. The molecule has 0 atom stereocenters. The summed E-state index contributed by atoms with van der Waals surface area (Å²) in [6, 6.07) is 12.6. The Kier molecular flexibility index (Phi) is 8.89. The van der Waals surface area contributed by atoms with Crippen LogP contribution in [0, 0.1) is 0 Å². The highest BCUT2D eigenvalue weighted by molar-refractivity contribution is 5.91. The summed E-state index contributed by atoms with van der Waals surface area (Å²) in [5.74, 6) is 0.617. The van der Waals surface area contributed by atoms with Crippen molar-refractivity contribution in [1.82, 2.24) is 20.1 Å². The highest BCUT2D eigenvalue weighted by Gasteiger charge is 2.30. The summed E-state index contributed by atoms with van der Waals surface area (Å²) >= 11 is 0. The largest absolute Gasteiger partial charge is 0.497 e. The van der Waals surface area contributed by atoms with Crippen molar-refractivity contribution in [2.45, 2.75) is 25.8 Å². The number of benzene rings is 2. The molecule has 1 N–H and O–H groups in total. The lowest BCUT2D eigenvalue weighted by Crippen LogP contribution is -2.31. The number of methoxy groups -OCH3 is 1. The van der Waals surface area contributed by atoms with Gasteiger partial charge in [-0.05, 0) is 43.4 Å². The molecule has 0 unspecified atom stereocenters. The summed E-state index contributed by atoms with van der Waals surface area (Å²) in [5.41, 5.74) is 0.851. The Labute approximate surface area is 202 Å². The van der Waals surface area contributed by atoms with Gasteiger partial charge in [-0.3, -0.25) is 9.69 Å². The number of amides is 1. The van der Waals surface area contributed by atoms with Gasteiger partial charge in [-0.2, -0.15) is 13.2 Å². The maximum Gasteiger partial charge on any atom is 0.416 e. The van der Waals surface area contributed by atoms with Gasteiger partial charge < -0.3 is 19.4 Å². The van der Waals surface area contributed by atoms with Crippen LogP contribution in [0.3, 0.4) is 0 Å². The fourth-order valence-corrected chi connectivity index (χ4v) is 3.46. The number of carbonyl (C=O) groups is 1. The highest BCUT2D eigenvalue weighted by atomic mass is 19.4. The molecule has 0 radical (unpaired) electrons. The number of carbonyl (C=O) groups excluding carboxylic acids is 1. The number of aromatic nitrogens is 1. The Bertz CT molecular complexity index is 1120. The second-order valence-corrected chi connectivity index (χ2v) is 8.38. The molecule has 1 amide bonds. The molecule has 3 rings (SSSR count). The van der Waals surface area contributed by atoms with Gasteiger partial charge >= 0.3 is 6.18 Å². The topological polar surface area (TPSA) is 70.8 Å². The molecule has 0 fully saturated rings. The number of likely N-dealkylation sites (N-methyl/N-ethyl adjacent to an activating group) is 1. The molecule has 0 aliphatic rings. The quantitative estimate of drug-likeness (QED) is 0.435.